The zero-order valence-electron chi connectivity index (χ0n) is 14.0. The molecule has 26 heavy (non-hydrogen) atoms. The summed E-state index contributed by atoms with van der Waals surface area (Å²) >= 11 is 0. The van der Waals surface area contributed by atoms with Crippen LogP contribution < -0.4 is 5.73 Å². The summed E-state index contributed by atoms with van der Waals surface area (Å²) in [6, 6.07) is 7.37. The van der Waals surface area contributed by atoms with Gasteiger partial charge in [-0.15, -0.1) is 0 Å². The van der Waals surface area contributed by atoms with E-state index in [1.165, 1.54) is 4.90 Å². The number of aromatic nitrogens is 1. The van der Waals surface area contributed by atoms with Crippen LogP contribution in [-0.4, -0.2) is 51.8 Å². The fourth-order valence-electron chi connectivity index (χ4n) is 2.93. The van der Waals surface area contributed by atoms with E-state index < -0.39 is 22.3 Å². The Hall–Kier alpha value is -3.07. The standard InChI is InChI=1S/C17H18FN5O3/c18-12-9-14(16(19)15(10-12)23(25)26)17(24)22-7-5-21(6-8-22)11-13-3-1-2-4-20-13/h1-4,9-10H,5-8,11,19H2. The van der Waals surface area contributed by atoms with E-state index >= 15 is 0 Å². The third-order valence-corrected chi connectivity index (χ3v) is 4.32. The molecule has 1 aromatic heterocycles. The second-order valence-electron chi connectivity index (χ2n) is 6.03. The second kappa shape index (κ2) is 7.44. The molecular formula is C17H18FN5O3. The van der Waals surface area contributed by atoms with Crippen molar-refractivity contribution < 1.29 is 14.1 Å². The molecule has 0 atom stereocenters. The minimum absolute atomic E-state index is 0.171. The van der Waals surface area contributed by atoms with E-state index in [0.717, 1.165) is 17.8 Å². The first-order chi connectivity index (χ1) is 12.5. The van der Waals surface area contributed by atoms with Gasteiger partial charge in [0.05, 0.1) is 22.2 Å². The van der Waals surface area contributed by atoms with Crippen LogP contribution in [0, 0.1) is 15.9 Å². The average molecular weight is 359 g/mol. The predicted molar refractivity (Wildman–Crippen MR) is 92.9 cm³/mol. The average Bonchev–Trinajstić information content (AvgIpc) is 2.64. The Bertz CT molecular complexity index is 823. The van der Waals surface area contributed by atoms with E-state index in [2.05, 4.69) is 9.88 Å². The molecule has 0 saturated carbocycles. The Morgan fingerprint density at radius 3 is 2.62 bits per heavy atom. The Morgan fingerprint density at radius 2 is 2.00 bits per heavy atom. The molecule has 1 aromatic carbocycles. The number of amides is 1. The van der Waals surface area contributed by atoms with Crippen LogP contribution in [0.25, 0.3) is 0 Å². The zero-order chi connectivity index (χ0) is 18.7. The normalized spacial score (nSPS) is 15.0. The smallest absolute Gasteiger partial charge is 0.295 e. The molecule has 1 aliphatic heterocycles. The number of nitrogens with two attached hydrogens (primary N) is 1. The predicted octanol–water partition coefficient (Wildman–Crippen LogP) is 1.67. The van der Waals surface area contributed by atoms with Gasteiger partial charge in [0.25, 0.3) is 11.6 Å². The molecule has 8 nitrogen and oxygen atoms in total. The molecule has 0 spiro atoms. The minimum atomic E-state index is -0.858. The van der Waals surface area contributed by atoms with Crippen LogP contribution in [0.15, 0.2) is 36.5 Å². The fourth-order valence-corrected chi connectivity index (χ4v) is 2.93. The maximum atomic E-state index is 13.7. The van der Waals surface area contributed by atoms with Crippen LogP contribution in [0.3, 0.4) is 0 Å². The monoisotopic (exact) mass is 359 g/mol. The zero-order valence-corrected chi connectivity index (χ0v) is 14.0. The van der Waals surface area contributed by atoms with Gasteiger partial charge in [0, 0.05) is 38.9 Å². The van der Waals surface area contributed by atoms with E-state index in [4.69, 9.17) is 5.73 Å². The number of pyridine rings is 1. The number of nitro groups is 1. The second-order valence-corrected chi connectivity index (χ2v) is 6.03. The molecule has 1 aliphatic rings. The lowest BCUT2D eigenvalue weighted by Crippen LogP contribution is -2.48. The first-order valence-corrected chi connectivity index (χ1v) is 8.10. The number of carbonyl (C=O) groups excluding carboxylic acids is 1. The van der Waals surface area contributed by atoms with Crippen molar-refractivity contribution in [1.82, 2.24) is 14.8 Å². The van der Waals surface area contributed by atoms with Crippen molar-refractivity contribution in [3.05, 3.63) is 63.7 Å². The Kier molecular flexibility index (Phi) is 5.08. The Morgan fingerprint density at radius 1 is 1.27 bits per heavy atom. The molecule has 1 fully saturated rings. The molecule has 0 unspecified atom stereocenters. The quantitative estimate of drug-likeness (QED) is 0.506. The van der Waals surface area contributed by atoms with Crippen molar-refractivity contribution in [2.45, 2.75) is 6.54 Å². The summed E-state index contributed by atoms with van der Waals surface area (Å²) in [5.74, 6) is -1.36. The van der Waals surface area contributed by atoms with Crippen LogP contribution in [0.5, 0.6) is 0 Å². The Balaban J connectivity index is 1.68. The lowest BCUT2D eigenvalue weighted by atomic mass is 10.1. The number of halogens is 1. The Labute approximate surface area is 149 Å². The SMILES string of the molecule is Nc1c(C(=O)N2CCN(Cc3ccccn3)CC2)cc(F)cc1[N+](=O)[O-]. The highest BCUT2D eigenvalue weighted by atomic mass is 19.1. The van der Waals surface area contributed by atoms with E-state index in [1.807, 2.05) is 18.2 Å². The van der Waals surface area contributed by atoms with Crippen LogP contribution in [0.2, 0.25) is 0 Å². The summed E-state index contributed by atoms with van der Waals surface area (Å²) in [5.41, 5.74) is 5.58. The summed E-state index contributed by atoms with van der Waals surface area (Å²) in [6.45, 7) is 2.78. The van der Waals surface area contributed by atoms with Crippen LogP contribution in [0.4, 0.5) is 15.8 Å². The molecule has 0 radical (unpaired) electrons. The highest BCUT2D eigenvalue weighted by Gasteiger charge is 2.27. The number of hydrogen-bond donors (Lipinski definition) is 1. The van der Waals surface area contributed by atoms with Crippen LogP contribution in [0.1, 0.15) is 16.1 Å². The molecule has 136 valence electrons. The van der Waals surface area contributed by atoms with Gasteiger partial charge in [-0.3, -0.25) is 24.8 Å². The number of nitrogens with zero attached hydrogens (tertiary/aromatic N) is 4. The van der Waals surface area contributed by atoms with Gasteiger partial charge >= 0.3 is 0 Å². The topological polar surface area (TPSA) is 106 Å². The third-order valence-electron chi connectivity index (χ3n) is 4.32. The van der Waals surface area contributed by atoms with Gasteiger partial charge in [0.1, 0.15) is 11.5 Å². The van der Waals surface area contributed by atoms with Crippen LogP contribution >= 0.6 is 0 Å². The van der Waals surface area contributed by atoms with Crippen molar-refractivity contribution in [3.8, 4) is 0 Å². The van der Waals surface area contributed by atoms with Crippen molar-refractivity contribution in [1.29, 1.82) is 0 Å². The van der Waals surface area contributed by atoms with Crippen molar-refractivity contribution in [2.24, 2.45) is 0 Å². The van der Waals surface area contributed by atoms with Crippen molar-refractivity contribution in [2.75, 3.05) is 31.9 Å². The molecule has 0 bridgehead atoms. The van der Waals surface area contributed by atoms with E-state index in [-0.39, 0.29) is 11.3 Å². The van der Waals surface area contributed by atoms with Gasteiger partial charge in [-0.05, 0) is 18.2 Å². The van der Waals surface area contributed by atoms with Crippen LogP contribution in [-0.2, 0) is 6.54 Å². The number of hydrogen-bond acceptors (Lipinski definition) is 6. The number of rotatable bonds is 4. The van der Waals surface area contributed by atoms with E-state index in [9.17, 15) is 19.3 Å². The summed E-state index contributed by atoms with van der Waals surface area (Å²) in [5, 5.41) is 11.0. The van der Waals surface area contributed by atoms with E-state index in [0.29, 0.717) is 32.7 Å². The van der Waals surface area contributed by atoms with Gasteiger partial charge < -0.3 is 10.6 Å². The fraction of sp³-hybridized carbons (Fsp3) is 0.294. The summed E-state index contributed by atoms with van der Waals surface area (Å²) in [7, 11) is 0. The number of piperazine rings is 1. The third kappa shape index (κ3) is 3.77. The number of benzene rings is 1. The maximum absolute atomic E-state index is 13.7. The lowest BCUT2D eigenvalue weighted by molar-refractivity contribution is -0.384. The first kappa shape index (κ1) is 17.7. The highest BCUT2D eigenvalue weighted by molar-refractivity contribution is 6.01. The molecule has 0 aliphatic carbocycles. The summed E-state index contributed by atoms with van der Waals surface area (Å²) < 4.78 is 13.7. The van der Waals surface area contributed by atoms with Gasteiger partial charge in [0.2, 0.25) is 0 Å². The molecule has 1 saturated heterocycles. The van der Waals surface area contributed by atoms with Gasteiger partial charge in [-0.2, -0.15) is 0 Å². The molecule has 1 amide bonds. The molecule has 2 aromatic rings. The summed E-state index contributed by atoms with van der Waals surface area (Å²) in [4.78, 5) is 30.8. The number of nitro benzene ring substituents is 1. The van der Waals surface area contributed by atoms with Gasteiger partial charge in [0.15, 0.2) is 0 Å². The lowest BCUT2D eigenvalue weighted by Gasteiger charge is -2.34. The first-order valence-electron chi connectivity index (χ1n) is 8.10. The van der Waals surface area contributed by atoms with Gasteiger partial charge in [-0.25, -0.2) is 4.39 Å². The largest absolute Gasteiger partial charge is 0.393 e. The van der Waals surface area contributed by atoms with Gasteiger partial charge in [-0.1, -0.05) is 6.07 Å². The number of anilines is 1. The minimum Gasteiger partial charge on any atom is -0.393 e. The molecule has 9 heteroatoms. The van der Waals surface area contributed by atoms with E-state index in [1.54, 1.807) is 6.20 Å². The van der Waals surface area contributed by atoms with Crippen molar-refractivity contribution in [3.63, 3.8) is 0 Å². The summed E-state index contributed by atoms with van der Waals surface area (Å²) in [6.07, 6.45) is 1.73. The molecular weight excluding hydrogens is 341 g/mol. The molecule has 2 heterocycles. The van der Waals surface area contributed by atoms with Crippen molar-refractivity contribution >= 4 is 17.3 Å². The number of nitrogen functional groups attached to an aromatic ring is 1. The molecule has 3 rings (SSSR count). The highest BCUT2D eigenvalue weighted by Crippen LogP contribution is 2.28. The molecule has 2 N–H and O–H groups in total. The number of carbonyl (C=O) groups is 1. The maximum Gasteiger partial charge on any atom is 0.295 e.